The van der Waals surface area contributed by atoms with Gasteiger partial charge in [0.15, 0.2) is 5.17 Å². The molecule has 2 amide bonds. The average molecular weight is 364 g/mol. The van der Waals surface area contributed by atoms with Crippen molar-refractivity contribution in [3.63, 3.8) is 0 Å². The topological polar surface area (TPSA) is 61.8 Å². The summed E-state index contributed by atoms with van der Waals surface area (Å²) in [6.45, 7) is 5.51. The number of nitrogens with zero attached hydrogens (tertiary/aromatic N) is 2. The fourth-order valence-electron chi connectivity index (χ4n) is 5.27. The van der Waals surface area contributed by atoms with Gasteiger partial charge in [0.25, 0.3) is 5.91 Å². The third-order valence-electron chi connectivity index (χ3n) is 6.91. The van der Waals surface area contributed by atoms with Crippen LogP contribution in [0, 0.1) is 17.8 Å². The SMILES string of the molecule is CCC(=O)N1CCC(C2(C)SC(N[C@H]3C[C@H]4CC[C@H]3C4)=NC2=O)CC1. The standard InChI is InChI=1S/C19H29N3O2S/c1-3-16(23)22-8-6-14(7-9-22)19(2)17(24)21-18(25-19)20-15-11-12-4-5-13(15)10-12/h12-15H,3-11H2,1-2H3,(H,20,21,24)/t12-,13-,15-,19?/m0/s1. The Morgan fingerprint density at radius 1 is 1.28 bits per heavy atom. The monoisotopic (exact) mass is 363 g/mol. The van der Waals surface area contributed by atoms with Crippen LogP contribution in [0.4, 0.5) is 0 Å². The largest absolute Gasteiger partial charge is 0.361 e. The van der Waals surface area contributed by atoms with Gasteiger partial charge in [-0.25, -0.2) is 0 Å². The van der Waals surface area contributed by atoms with E-state index in [9.17, 15) is 9.59 Å². The molecule has 4 aliphatic rings. The van der Waals surface area contributed by atoms with Crippen molar-refractivity contribution >= 4 is 28.7 Å². The molecule has 0 aromatic heterocycles. The Hall–Kier alpha value is -1.04. The number of carbonyl (C=O) groups is 2. The molecule has 2 heterocycles. The van der Waals surface area contributed by atoms with Crippen molar-refractivity contribution in [1.82, 2.24) is 10.2 Å². The highest BCUT2D eigenvalue weighted by Gasteiger charge is 2.49. The van der Waals surface area contributed by atoms with Crippen molar-refractivity contribution in [2.45, 2.75) is 69.6 Å². The molecule has 4 rings (SSSR count). The van der Waals surface area contributed by atoms with Crippen LogP contribution in [-0.4, -0.2) is 45.8 Å². The zero-order valence-electron chi connectivity index (χ0n) is 15.3. The maximum absolute atomic E-state index is 12.7. The molecule has 138 valence electrons. The number of carbonyl (C=O) groups excluding carboxylic acids is 2. The second kappa shape index (κ2) is 6.60. The molecule has 2 bridgehead atoms. The van der Waals surface area contributed by atoms with Gasteiger partial charge in [-0.2, -0.15) is 4.99 Å². The number of amides is 2. The van der Waals surface area contributed by atoms with Crippen molar-refractivity contribution in [3.05, 3.63) is 0 Å². The molecule has 1 unspecified atom stereocenters. The first-order valence-corrected chi connectivity index (χ1v) is 10.7. The van der Waals surface area contributed by atoms with Gasteiger partial charge in [0.1, 0.15) is 4.75 Å². The van der Waals surface area contributed by atoms with Gasteiger partial charge in [0.2, 0.25) is 5.91 Å². The molecule has 5 nitrogen and oxygen atoms in total. The maximum atomic E-state index is 12.7. The molecular weight excluding hydrogens is 334 g/mol. The molecule has 0 aromatic rings. The number of likely N-dealkylation sites (tertiary alicyclic amines) is 1. The highest BCUT2D eigenvalue weighted by atomic mass is 32.2. The van der Waals surface area contributed by atoms with E-state index in [0.29, 0.717) is 18.4 Å². The van der Waals surface area contributed by atoms with Crippen LogP contribution < -0.4 is 5.32 Å². The van der Waals surface area contributed by atoms with Crippen molar-refractivity contribution in [3.8, 4) is 0 Å². The minimum atomic E-state index is -0.457. The smallest absolute Gasteiger partial charge is 0.264 e. The lowest BCUT2D eigenvalue weighted by Crippen LogP contribution is -2.46. The number of fused-ring (bicyclic) bond motifs is 2. The lowest BCUT2D eigenvalue weighted by molar-refractivity contribution is -0.132. The molecule has 0 spiro atoms. The molecule has 1 saturated heterocycles. The van der Waals surface area contributed by atoms with E-state index in [0.717, 1.165) is 42.9 Å². The van der Waals surface area contributed by atoms with E-state index in [1.165, 1.54) is 25.7 Å². The summed E-state index contributed by atoms with van der Waals surface area (Å²) >= 11 is 1.64. The molecule has 2 aliphatic heterocycles. The molecular formula is C19H29N3O2S. The van der Waals surface area contributed by atoms with Gasteiger partial charge in [-0.05, 0) is 56.8 Å². The quantitative estimate of drug-likeness (QED) is 0.837. The number of hydrogen-bond donors (Lipinski definition) is 1. The second-order valence-corrected chi connectivity index (χ2v) is 9.80. The van der Waals surface area contributed by atoms with Crippen LogP contribution in [0.25, 0.3) is 0 Å². The fraction of sp³-hybridized carbons (Fsp3) is 0.842. The number of nitrogens with one attached hydrogen (secondary N) is 1. The zero-order valence-corrected chi connectivity index (χ0v) is 16.1. The number of piperidine rings is 1. The van der Waals surface area contributed by atoms with E-state index >= 15 is 0 Å². The molecule has 0 radical (unpaired) electrons. The van der Waals surface area contributed by atoms with E-state index in [1.807, 2.05) is 11.8 Å². The van der Waals surface area contributed by atoms with Crippen LogP contribution in [0.2, 0.25) is 0 Å². The van der Waals surface area contributed by atoms with E-state index in [4.69, 9.17) is 0 Å². The first-order valence-electron chi connectivity index (χ1n) is 9.86. The molecule has 25 heavy (non-hydrogen) atoms. The first kappa shape index (κ1) is 17.4. The van der Waals surface area contributed by atoms with Gasteiger partial charge in [0, 0.05) is 25.6 Å². The molecule has 0 aromatic carbocycles. The number of aliphatic imine (C=N–C) groups is 1. The van der Waals surface area contributed by atoms with E-state index in [-0.39, 0.29) is 11.8 Å². The van der Waals surface area contributed by atoms with Gasteiger partial charge >= 0.3 is 0 Å². The van der Waals surface area contributed by atoms with Crippen molar-refractivity contribution in [1.29, 1.82) is 0 Å². The summed E-state index contributed by atoms with van der Waals surface area (Å²) in [6.07, 6.45) is 7.67. The van der Waals surface area contributed by atoms with Gasteiger partial charge < -0.3 is 10.2 Å². The Morgan fingerprint density at radius 2 is 2.04 bits per heavy atom. The van der Waals surface area contributed by atoms with Crippen LogP contribution in [-0.2, 0) is 9.59 Å². The Kier molecular flexibility index (Phi) is 4.59. The van der Waals surface area contributed by atoms with E-state index in [2.05, 4.69) is 17.2 Å². The summed E-state index contributed by atoms with van der Waals surface area (Å²) in [5.41, 5.74) is 0. The zero-order chi connectivity index (χ0) is 17.6. The molecule has 6 heteroatoms. The molecule has 2 saturated carbocycles. The Morgan fingerprint density at radius 3 is 2.64 bits per heavy atom. The Balaban J connectivity index is 1.35. The van der Waals surface area contributed by atoms with Crippen molar-refractivity contribution in [2.24, 2.45) is 22.7 Å². The molecule has 1 N–H and O–H groups in total. The van der Waals surface area contributed by atoms with Crippen molar-refractivity contribution in [2.75, 3.05) is 13.1 Å². The lowest BCUT2D eigenvalue weighted by Gasteiger charge is -2.38. The van der Waals surface area contributed by atoms with Crippen LogP contribution >= 0.6 is 11.8 Å². The second-order valence-electron chi connectivity index (χ2n) is 8.37. The highest BCUT2D eigenvalue weighted by molar-refractivity contribution is 8.16. The van der Waals surface area contributed by atoms with Gasteiger partial charge in [-0.3, -0.25) is 9.59 Å². The van der Waals surface area contributed by atoms with Gasteiger partial charge in [-0.1, -0.05) is 25.1 Å². The first-order chi connectivity index (χ1) is 12.0. The van der Waals surface area contributed by atoms with E-state index in [1.54, 1.807) is 11.8 Å². The van der Waals surface area contributed by atoms with Crippen LogP contribution in [0.3, 0.4) is 0 Å². The Bertz CT molecular complexity index is 599. The number of amidine groups is 1. The summed E-state index contributed by atoms with van der Waals surface area (Å²) in [7, 11) is 0. The van der Waals surface area contributed by atoms with Crippen molar-refractivity contribution < 1.29 is 9.59 Å². The summed E-state index contributed by atoms with van der Waals surface area (Å²) in [5, 5.41) is 4.44. The molecule has 2 aliphatic carbocycles. The lowest BCUT2D eigenvalue weighted by atomic mass is 9.84. The minimum absolute atomic E-state index is 0.0171. The third-order valence-corrected chi connectivity index (χ3v) is 8.25. The van der Waals surface area contributed by atoms with Crippen LogP contribution in [0.1, 0.15) is 58.8 Å². The predicted molar refractivity (Wildman–Crippen MR) is 100 cm³/mol. The minimum Gasteiger partial charge on any atom is -0.361 e. The summed E-state index contributed by atoms with van der Waals surface area (Å²) in [5.74, 6) is 2.21. The third kappa shape index (κ3) is 3.11. The van der Waals surface area contributed by atoms with E-state index < -0.39 is 4.75 Å². The number of hydrogen-bond acceptors (Lipinski definition) is 4. The molecule has 3 fully saturated rings. The summed E-state index contributed by atoms with van der Waals surface area (Å²) < 4.78 is -0.457. The normalized spacial score (nSPS) is 38.3. The number of rotatable bonds is 3. The Labute approximate surface area is 154 Å². The summed E-state index contributed by atoms with van der Waals surface area (Å²) in [6, 6.07) is 0.518. The van der Waals surface area contributed by atoms with Gasteiger partial charge in [-0.15, -0.1) is 0 Å². The van der Waals surface area contributed by atoms with Gasteiger partial charge in [0.05, 0.1) is 0 Å². The summed E-state index contributed by atoms with van der Waals surface area (Å²) in [4.78, 5) is 30.9. The average Bonchev–Trinajstić information content (AvgIpc) is 3.30. The molecule has 4 atom stereocenters. The number of thioether (sulfide) groups is 1. The maximum Gasteiger partial charge on any atom is 0.264 e. The highest BCUT2D eigenvalue weighted by Crippen LogP contribution is 2.47. The van der Waals surface area contributed by atoms with Crippen LogP contribution in [0.15, 0.2) is 4.99 Å². The fourth-order valence-corrected chi connectivity index (χ4v) is 6.55. The van der Waals surface area contributed by atoms with Crippen LogP contribution in [0.5, 0.6) is 0 Å². The predicted octanol–water partition coefficient (Wildman–Crippen LogP) is 2.80.